The second-order valence-corrected chi connectivity index (χ2v) is 2.05. The van der Waals surface area contributed by atoms with E-state index in [1.807, 2.05) is 27.7 Å². The van der Waals surface area contributed by atoms with Crippen LogP contribution in [0.4, 0.5) is 4.39 Å². The van der Waals surface area contributed by atoms with E-state index in [2.05, 4.69) is 4.98 Å². The number of aromatic nitrogens is 2. The average Bonchev–Trinajstić information content (AvgIpc) is 2.64. The van der Waals surface area contributed by atoms with Gasteiger partial charge in [0, 0.05) is 6.20 Å². The predicted molar refractivity (Wildman–Crippen MR) is 56.7 cm³/mol. The van der Waals surface area contributed by atoms with E-state index in [0.29, 0.717) is 5.82 Å². The van der Waals surface area contributed by atoms with Crippen molar-refractivity contribution >= 4 is 0 Å². The van der Waals surface area contributed by atoms with Crippen LogP contribution in [0, 0.1) is 6.92 Å². The van der Waals surface area contributed by atoms with Crippen LogP contribution in [0.3, 0.4) is 0 Å². The summed E-state index contributed by atoms with van der Waals surface area (Å²) in [5.41, 5.74) is 0.724. The van der Waals surface area contributed by atoms with Crippen LogP contribution in [0.2, 0.25) is 0 Å². The first-order valence-electron chi connectivity index (χ1n) is 4.97. The van der Waals surface area contributed by atoms with Gasteiger partial charge < -0.3 is 9.67 Å². The van der Waals surface area contributed by atoms with Crippen molar-refractivity contribution in [2.24, 2.45) is 0 Å². The molecule has 0 amide bonds. The molecule has 1 heterocycles. The SMILES string of the molecule is CC.CC.Cc1cn(CF)c(CO)n1. The fraction of sp³-hybridized carbons (Fsp3) is 0.700. The van der Waals surface area contributed by atoms with Crippen molar-refractivity contribution in [3.63, 3.8) is 0 Å². The Morgan fingerprint density at radius 2 is 1.86 bits per heavy atom. The molecule has 1 rings (SSSR count). The minimum Gasteiger partial charge on any atom is -0.388 e. The van der Waals surface area contributed by atoms with Crippen molar-refractivity contribution in [2.75, 3.05) is 0 Å². The number of nitrogens with zero attached hydrogens (tertiary/aromatic N) is 2. The normalized spacial score (nSPS) is 8.21. The average molecular weight is 204 g/mol. The standard InChI is InChI=1S/C6H9FN2O.2C2H6/c1-5-2-9(4-7)6(3-10)8-5;2*1-2/h2,10H,3-4H2,1H3;2*1-2H3. The van der Waals surface area contributed by atoms with Gasteiger partial charge in [-0.1, -0.05) is 27.7 Å². The summed E-state index contributed by atoms with van der Waals surface area (Å²) in [5.74, 6) is 0.375. The van der Waals surface area contributed by atoms with Crippen LogP contribution >= 0.6 is 0 Å². The van der Waals surface area contributed by atoms with Crippen LogP contribution in [0.15, 0.2) is 6.20 Å². The zero-order valence-corrected chi connectivity index (χ0v) is 9.71. The summed E-state index contributed by atoms with van der Waals surface area (Å²) in [5, 5.41) is 8.61. The van der Waals surface area contributed by atoms with Gasteiger partial charge in [-0.05, 0) is 6.92 Å². The molecular formula is C10H21FN2O. The highest BCUT2D eigenvalue weighted by Gasteiger charge is 2.01. The molecule has 0 saturated carbocycles. The van der Waals surface area contributed by atoms with Crippen molar-refractivity contribution in [1.82, 2.24) is 9.55 Å². The highest BCUT2D eigenvalue weighted by Crippen LogP contribution is 2.01. The maximum absolute atomic E-state index is 12.0. The van der Waals surface area contributed by atoms with Gasteiger partial charge in [0.05, 0.1) is 5.69 Å². The van der Waals surface area contributed by atoms with Gasteiger partial charge >= 0.3 is 0 Å². The Bertz CT molecular complexity index is 202. The van der Waals surface area contributed by atoms with E-state index >= 15 is 0 Å². The number of aryl methyl sites for hydroxylation is 1. The van der Waals surface area contributed by atoms with Crippen LogP contribution in [-0.2, 0) is 13.4 Å². The summed E-state index contributed by atoms with van der Waals surface area (Å²) in [7, 11) is 0. The van der Waals surface area contributed by atoms with Gasteiger partial charge in [0.2, 0.25) is 0 Å². The van der Waals surface area contributed by atoms with E-state index in [0.717, 1.165) is 5.69 Å². The molecule has 1 aromatic heterocycles. The van der Waals surface area contributed by atoms with E-state index in [1.54, 1.807) is 13.1 Å². The van der Waals surface area contributed by atoms with E-state index in [4.69, 9.17) is 5.11 Å². The van der Waals surface area contributed by atoms with E-state index in [9.17, 15) is 4.39 Å². The van der Waals surface area contributed by atoms with Gasteiger partial charge in [0.25, 0.3) is 0 Å². The molecule has 0 saturated heterocycles. The quantitative estimate of drug-likeness (QED) is 0.804. The second kappa shape index (κ2) is 10.2. The van der Waals surface area contributed by atoms with Crippen LogP contribution in [0.1, 0.15) is 39.2 Å². The lowest BCUT2D eigenvalue weighted by atomic mass is 10.6. The Labute approximate surface area is 85.6 Å². The zero-order valence-electron chi connectivity index (χ0n) is 9.71. The molecule has 4 heteroatoms. The molecular weight excluding hydrogens is 183 g/mol. The Kier molecular flexibility index (Phi) is 11.3. The molecule has 84 valence electrons. The van der Waals surface area contributed by atoms with Crippen LogP contribution in [-0.4, -0.2) is 14.7 Å². The molecule has 0 atom stereocenters. The highest BCUT2D eigenvalue weighted by atomic mass is 19.1. The summed E-state index contributed by atoms with van der Waals surface area (Å²) in [4.78, 5) is 3.87. The van der Waals surface area contributed by atoms with Crippen molar-refractivity contribution in [3.05, 3.63) is 17.7 Å². The lowest BCUT2D eigenvalue weighted by Gasteiger charge is -1.95. The van der Waals surface area contributed by atoms with Gasteiger partial charge in [-0.2, -0.15) is 0 Å². The van der Waals surface area contributed by atoms with Gasteiger partial charge in [0.15, 0.2) is 6.80 Å². The minimum absolute atomic E-state index is 0.211. The minimum atomic E-state index is -0.628. The molecule has 1 aromatic rings. The van der Waals surface area contributed by atoms with Crippen LogP contribution in [0.5, 0.6) is 0 Å². The fourth-order valence-electron chi connectivity index (χ4n) is 0.826. The Hall–Kier alpha value is -0.900. The summed E-state index contributed by atoms with van der Waals surface area (Å²) in [6.07, 6.45) is 1.56. The Balaban J connectivity index is 0. The number of rotatable bonds is 2. The number of aliphatic hydroxyl groups excluding tert-OH is 1. The van der Waals surface area contributed by atoms with E-state index in [-0.39, 0.29) is 6.61 Å². The predicted octanol–water partition coefficient (Wildman–Crippen LogP) is 2.66. The van der Waals surface area contributed by atoms with Crippen molar-refractivity contribution in [3.8, 4) is 0 Å². The van der Waals surface area contributed by atoms with E-state index in [1.165, 1.54) is 4.57 Å². The third kappa shape index (κ3) is 4.97. The number of alkyl halides is 1. The number of hydrogen-bond acceptors (Lipinski definition) is 2. The van der Waals surface area contributed by atoms with Gasteiger partial charge in [0.1, 0.15) is 12.4 Å². The summed E-state index contributed by atoms with van der Waals surface area (Å²) < 4.78 is 13.3. The Morgan fingerprint density at radius 3 is 2.14 bits per heavy atom. The molecule has 0 aromatic carbocycles. The molecule has 0 unspecified atom stereocenters. The molecule has 14 heavy (non-hydrogen) atoms. The largest absolute Gasteiger partial charge is 0.388 e. The monoisotopic (exact) mass is 204 g/mol. The molecule has 0 aliphatic rings. The van der Waals surface area contributed by atoms with Gasteiger partial charge in [-0.15, -0.1) is 0 Å². The Morgan fingerprint density at radius 1 is 1.36 bits per heavy atom. The third-order valence-electron chi connectivity index (χ3n) is 1.25. The molecule has 0 fully saturated rings. The van der Waals surface area contributed by atoms with Crippen molar-refractivity contribution < 1.29 is 9.50 Å². The maximum atomic E-state index is 12.0. The van der Waals surface area contributed by atoms with Crippen LogP contribution < -0.4 is 0 Å². The van der Waals surface area contributed by atoms with Gasteiger partial charge in [-0.25, -0.2) is 9.37 Å². The number of imidazole rings is 1. The summed E-state index contributed by atoms with van der Waals surface area (Å²) in [6, 6.07) is 0. The molecule has 1 N–H and O–H groups in total. The smallest absolute Gasteiger partial charge is 0.166 e. The van der Waals surface area contributed by atoms with E-state index < -0.39 is 6.80 Å². The van der Waals surface area contributed by atoms with Crippen molar-refractivity contribution in [2.45, 2.75) is 48.0 Å². The lowest BCUT2D eigenvalue weighted by Crippen LogP contribution is -1.98. The highest BCUT2D eigenvalue weighted by molar-refractivity contribution is 5.00. The first-order chi connectivity index (χ1) is 6.77. The maximum Gasteiger partial charge on any atom is 0.166 e. The first-order valence-corrected chi connectivity index (χ1v) is 4.97. The fourth-order valence-corrected chi connectivity index (χ4v) is 0.826. The van der Waals surface area contributed by atoms with Crippen molar-refractivity contribution in [1.29, 1.82) is 0 Å². The molecule has 3 nitrogen and oxygen atoms in total. The zero-order chi connectivity index (χ0) is 11.6. The summed E-state index contributed by atoms with van der Waals surface area (Å²) >= 11 is 0. The van der Waals surface area contributed by atoms with Gasteiger partial charge in [-0.3, -0.25) is 0 Å². The number of hydrogen-bond donors (Lipinski definition) is 1. The summed E-state index contributed by atoms with van der Waals surface area (Å²) in [6.45, 7) is 8.92. The second-order valence-electron chi connectivity index (χ2n) is 2.05. The topological polar surface area (TPSA) is 38.0 Å². The molecule has 0 aliphatic heterocycles. The van der Waals surface area contributed by atoms with Crippen LogP contribution in [0.25, 0.3) is 0 Å². The number of halogens is 1. The molecule has 0 bridgehead atoms. The molecule has 0 spiro atoms. The lowest BCUT2D eigenvalue weighted by molar-refractivity contribution is 0.253. The third-order valence-corrected chi connectivity index (χ3v) is 1.25. The molecule has 0 aliphatic carbocycles. The first kappa shape index (κ1) is 15.6. The number of aliphatic hydroxyl groups is 1. The molecule has 0 radical (unpaired) electrons.